The van der Waals surface area contributed by atoms with E-state index in [1.54, 1.807) is 0 Å². The molecule has 0 bridgehead atoms. The van der Waals surface area contributed by atoms with Crippen molar-refractivity contribution in [2.24, 2.45) is 11.5 Å². The summed E-state index contributed by atoms with van der Waals surface area (Å²) >= 11 is 0. The van der Waals surface area contributed by atoms with Gasteiger partial charge in [-0.2, -0.15) is 0 Å². The molecule has 4 heteroatoms. The monoisotopic (exact) mass is 218 g/mol. The van der Waals surface area contributed by atoms with Gasteiger partial charge >= 0.3 is 0 Å². The molecule has 1 aromatic carbocycles. The van der Waals surface area contributed by atoms with E-state index in [1.807, 2.05) is 36.4 Å². The molecule has 0 atom stereocenters. The molecule has 0 radical (unpaired) electrons. The second-order valence-electron chi connectivity index (χ2n) is 2.75. The fraction of sp³-hybridized carbons (Fsp3) is 0. The van der Waals surface area contributed by atoms with Crippen molar-refractivity contribution in [3.63, 3.8) is 0 Å². The third-order valence-electron chi connectivity index (χ3n) is 1.45. The van der Waals surface area contributed by atoms with Gasteiger partial charge < -0.3 is 11.5 Å². The van der Waals surface area contributed by atoms with Gasteiger partial charge in [0.1, 0.15) is 0 Å². The highest BCUT2D eigenvalue weighted by Crippen LogP contribution is 1.97. The minimum Gasteiger partial charge on any atom is -0.366 e. The number of hydrogen-bond acceptors (Lipinski definition) is 2. The normalized spacial score (nSPS) is 9.00. The molecule has 0 aromatic heterocycles. The van der Waals surface area contributed by atoms with Crippen LogP contribution < -0.4 is 11.5 Å². The summed E-state index contributed by atoms with van der Waals surface area (Å²) in [5.41, 5.74) is 10.4. The number of benzene rings is 1. The van der Waals surface area contributed by atoms with Gasteiger partial charge in [-0.05, 0) is 5.56 Å². The maximum Gasteiger partial charge on any atom is 0.241 e. The van der Waals surface area contributed by atoms with Crippen molar-refractivity contribution in [1.82, 2.24) is 0 Å². The summed E-state index contributed by atoms with van der Waals surface area (Å²) in [5, 5.41) is 0. The number of rotatable bonds is 3. The molecule has 1 aromatic rings. The Bertz CT molecular complexity index is 367. The predicted molar refractivity (Wildman–Crippen MR) is 64.1 cm³/mol. The molecule has 0 saturated heterocycles. The Balaban J connectivity index is 0.000000281. The quantitative estimate of drug-likeness (QED) is 0.736. The molecule has 4 nitrogen and oxygen atoms in total. The maximum absolute atomic E-state index is 9.83. The van der Waals surface area contributed by atoms with E-state index in [4.69, 9.17) is 0 Å². The van der Waals surface area contributed by atoms with Crippen molar-refractivity contribution in [2.45, 2.75) is 0 Å². The molecule has 0 aliphatic heterocycles. The summed E-state index contributed by atoms with van der Waals surface area (Å²) in [7, 11) is 0. The summed E-state index contributed by atoms with van der Waals surface area (Å²) in [5.74, 6) is -1.35. The Morgan fingerprint density at radius 3 is 1.69 bits per heavy atom. The Morgan fingerprint density at radius 2 is 1.44 bits per heavy atom. The zero-order valence-corrected chi connectivity index (χ0v) is 8.80. The number of hydrogen-bond donors (Lipinski definition) is 2. The number of carbonyl (C=O) groups excluding carboxylic acids is 2. The third kappa shape index (κ3) is 8.25. The van der Waals surface area contributed by atoms with Crippen LogP contribution in [-0.4, -0.2) is 11.8 Å². The van der Waals surface area contributed by atoms with Crippen LogP contribution in [0.25, 0.3) is 6.08 Å². The molecular formula is C12H14N2O2. The molecule has 4 N–H and O–H groups in total. The van der Waals surface area contributed by atoms with Crippen molar-refractivity contribution < 1.29 is 9.59 Å². The highest BCUT2D eigenvalue weighted by atomic mass is 16.1. The van der Waals surface area contributed by atoms with Crippen LogP contribution in [0.1, 0.15) is 5.56 Å². The highest BCUT2D eigenvalue weighted by Gasteiger charge is 1.84. The predicted octanol–water partition coefficient (Wildman–Crippen LogP) is 0.843. The van der Waals surface area contributed by atoms with E-state index in [-0.39, 0.29) is 0 Å². The molecule has 84 valence electrons. The molecule has 16 heavy (non-hydrogen) atoms. The van der Waals surface area contributed by atoms with Gasteiger partial charge in [0.25, 0.3) is 0 Å². The summed E-state index contributed by atoms with van der Waals surface area (Å²) in [6.45, 7) is 3.63. The second kappa shape index (κ2) is 7.99. The number of amides is 2. The summed E-state index contributed by atoms with van der Waals surface area (Å²) in [6, 6.07) is 10.0. The largest absolute Gasteiger partial charge is 0.366 e. The lowest BCUT2D eigenvalue weighted by Crippen LogP contribution is -2.10. The molecule has 0 unspecified atom stereocenters. The third-order valence-corrected chi connectivity index (χ3v) is 1.45. The topological polar surface area (TPSA) is 86.2 Å². The Morgan fingerprint density at radius 1 is 1.00 bits per heavy atom. The summed E-state index contributed by atoms with van der Waals surface area (Å²) in [6.07, 6.45) is 3.64. The van der Waals surface area contributed by atoms with Crippen LogP contribution in [0.15, 0.2) is 49.1 Å². The van der Waals surface area contributed by atoms with Crippen molar-refractivity contribution >= 4 is 17.9 Å². The molecule has 0 aliphatic carbocycles. The summed E-state index contributed by atoms with van der Waals surface area (Å²) < 4.78 is 0. The van der Waals surface area contributed by atoms with Gasteiger partial charge in [0.15, 0.2) is 0 Å². The van der Waals surface area contributed by atoms with E-state index in [9.17, 15) is 9.59 Å². The van der Waals surface area contributed by atoms with Crippen LogP contribution in [0.2, 0.25) is 0 Å². The van der Waals surface area contributed by atoms with Crippen LogP contribution in [0, 0.1) is 0 Å². The Kier molecular flexibility index (Phi) is 6.81. The number of nitrogens with two attached hydrogens (primary N) is 2. The van der Waals surface area contributed by atoms with Crippen LogP contribution in [0.5, 0.6) is 0 Å². The van der Waals surface area contributed by atoms with E-state index in [0.717, 1.165) is 12.2 Å². The standard InChI is InChI=1S/C8H8.C4H6N2O2/c1-2-8-6-4-3-5-7-8;5-3(7)1-2-4(6)8/h2-7H,1H2;1-2H,(H2,5,7)(H2,6,8)/b;2-1-. The van der Waals surface area contributed by atoms with Crippen LogP contribution >= 0.6 is 0 Å². The van der Waals surface area contributed by atoms with Crippen molar-refractivity contribution in [3.8, 4) is 0 Å². The van der Waals surface area contributed by atoms with Gasteiger partial charge in [-0.25, -0.2) is 0 Å². The van der Waals surface area contributed by atoms with Gasteiger partial charge in [-0.15, -0.1) is 0 Å². The molecular weight excluding hydrogens is 204 g/mol. The molecule has 0 fully saturated rings. The zero-order chi connectivity index (χ0) is 12.4. The average Bonchev–Trinajstić information content (AvgIpc) is 2.28. The van der Waals surface area contributed by atoms with Crippen LogP contribution in [0.4, 0.5) is 0 Å². The van der Waals surface area contributed by atoms with E-state index in [1.165, 1.54) is 5.56 Å². The first-order chi connectivity index (χ1) is 7.56. The second-order valence-corrected chi connectivity index (χ2v) is 2.75. The van der Waals surface area contributed by atoms with Gasteiger partial charge in [-0.3, -0.25) is 9.59 Å². The number of primary amides is 2. The van der Waals surface area contributed by atoms with E-state index >= 15 is 0 Å². The lowest BCUT2D eigenvalue weighted by atomic mass is 10.2. The molecule has 1 rings (SSSR count). The molecule has 2 amide bonds. The molecule has 0 aliphatic rings. The van der Waals surface area contributed by atoms with Crippen LogP contribution in [-0.2, 0) is 9.59 Å². The fourth-order valence-corrected chi connectivity index (χ4v) is 0.753. The summed E-state index contributed by atoms with van der Waals surface area (Å²) in [4.78, 5) is 19.7. The molecule has 0 heterocycles. The van der Waals surface area contributed by atoms with Gasteiger partial charge in [0.05, 0.1) is 0 Å². The molecule has 0 saturated carbocycles. The van der Waals surface area contributed by atoms with E-state index in [0.29, 0.717) is 0 Å². The maximum atomic E-state index is 9.83. The fourth-order valence-electron chi connectivity index (χ4n) is 0.753. The minimum absolute atomic E-state index is 0.677. The molecule has 0 spiro atoms. The first-order valence-corrected chi connectivity index (χ1v) is 4.50. The van der Waals surface area contributed by atoms with E-state index < -0.39 is 11.8 Å². The number of carbonyl (C=O) groups is 2. The van der Waals surface area contributed by atoms with Crippen LogP contribution in [0.3, 0.4) is 0 Å². The lowest BCUT2D eigenvalue weighted by Gasteiger charge is -1.85. The Labute approximate surface area is 94.3 Å². The lowest BCUT2D eigenvalue weighted by molar-refractivity contribution is -0.115. The van der Waals surface area contributed by atoms with Gasteiger partial charge in [0.2, 0.25) is 11.8 Å². The first-order valence-electron chi connectivity index (χ1n) is 4.50. The van der Waals surface area contributed by atoms with E-state index in [2.05, 4.69) is 18.0 Å². The van der Waals surface area contributed by atoms with Crippen molar-refractivity contribution in [2.75, 3.05) is 0 Å². The minimum atomic E-state index is -0.677. The first kappa shape index (κ1) is 13.6. The Hall–Kier alpha value is -2.36. The SMILES string of the molecule is C=Cc1ccccc1.NC(=O)/C=C\C(N)=O. The van der Waals surface area contributed by atoms with Crippen molar-refractivity contribution in [1.29, 1.82) is 0 Å². The van der Waals surface area contributed by atoms with Gasteiger partial charge in [-0.1, -0.05) is 43.0 Å². The highest BCUT2D eigenvalue weighted by molar-refractivity contribution is 5.95. The zero-order valence-electron chi connectivity index (χ0n) is 8.80. The van der Waals surface area contributed by atoms with Crippen molar-refractivity contribution in [3.05, 3.63) is 54.6 Å². The van der Waals surface area contributed by atoms with Gasteiger partial charge in [0, 0.05) is 12.2 Å². The average molecular weight is 218 g/mol. The smallest absolute Gasteiger partial charge is 0.241 e.